The molecule has 2 N–H and O–H groups in total. The number of hydrogen-bond acceptors (Lipinski definition) is 3. The number of carbonyl (C=O) groups is 3. The van der Waals surface area contributed by atoms with Crippen LogP contribution in [-0.4, -0.2) is 47.4 Å². The number of amides is 2. The molecule has 1 heterocycles. The molecular weight excluding hydrogens is 332 g/mol. The van der Waals surface area contributed by atoms with Crippen LogP contribution in [0.15, 0.2) is 30.3 Å². The fourth-order valence-electron chi connectivity index (χ4n) is 4.05. The number of aliphatic carboxylic acids is 1. The molecular formula is C20H26N2O4. The molecule has 26 heavy (non-hydrogen) atoms. The van der Waals surface area contributed by atoms with E-state index >= 15 is 0 Å². The summed E-state index contributed by atoms with van der Waals surface area (Å²) < 4.78 is 0. The SMILES string of the molecule is O=C(NCC1CCCN(C(=O)[C@H]2CC[C@@H](C(=O)O)C2)C1)c1ccccc1. The van der Waals surface area contributed by atoms with E-state index in [1.807, 2.05) is 23.1 Å². The number of hydrogen-bond donors (Lipinski definition) is 2. The van der Waals surface area contributed by atoms with Crippen LogP contribution in [0.3, 0.4) is 0 Å². The Labute approximate surface area is 153 Å². The van der Waals surface area contributed by atoms with Crippen LogP contribution in [-0.2, 0) is 9.59 Å². The molecule has 0 bridgehead atoms. The first-order valence-corrected chi connectivity index (χ1v) is 9.39. The van der Waals surface area contributed by atoms with E-state index < -0.39 is 5.97 Å². The average molecular weight is 358 g/mol. The van der Waals surface area contributed by atoms with Crippen molar-refractivity contribution in [3.63, 3.8) is 0 Å². The van der Waals surface area contributed by atoms with Gasteiger partial charge in [-0.25, -0.2) is 0 Å². The molecule has 1 aliphatic carbocycles. The van der Waals surface area contributed by atoms with E-state index in [0.717, 1.165) is 19.4 Å². The first-order valence-electron chi connectivity index (χ1n) is 9.39. The Hall–Kier alpha value is -2.37. The number of carbonyl (C=O) groups excluding carboxylic acids is 2. The van der Waals surface area contributed by atoms with E-state index in [2.05, 4.69) is 5.32 Å². The molecule has 6 heteroatoms. The molecule has 2 amide bonds. The Bertz CT molecular complexity index is 661. The highest BCUT2D eigenvalue weighted by Crippen LogP contribution is 2.33. The largest absolute Gasteiger partial charge is 0.481 e. The number of likely N-dealkylation sites (tertiary alicyclic amines) is 1. The van der Waals surface area contributed by atoms with Crippen molar-refractivity contribution in [1.29, 1.82) is 0 Å². The summed E-state index contributed by atoms with van der Waals surface area (Å²) in [6.45, 7) is 1.93. The Kier molecular flexibility index (Phi) is 5.91. The number of piperidine rings is 1. The number of nitrogens with zero attached hydrogens (tertiary/aromatic N) is 1. The zero-order valence-corrected chi connectivity index (χ0v) is 14.9. The molecule has 140 valence electrons. The molecule has 1 unspecified atom stereocenters. The number of carboxylic acid groups (broad SMARTS) is 1. The van der Waals surface area contributed by atoms with Gasteiger partial charge in [0.25, 0.3) is 5.91 Å². The van der Waals surface area contributed by atoms with Gasteiger partial charge in [0.1, 0.15) is 0 Å². The van der Waals surface area contributed by atoms with Crippen LogP contribution in [0.25, 0.3) is 0 Å². The zero-order chi connectivity index (χ0) is 18.5. The van der Waals surface area contributed by atoms with Crippen molar-refractivity contribution >= 4 is 17.8 Å². The quantitative estimate of drug-likeness (QED) is 0.844. The Balaban J connectivity index is 1.49. The van der Waals surface area contributed by atoms with Gasteiger partial charge in [-0.1, -0.05) is 18.2 Å². The minimum absolute atomic E-state index is 0.0888. The maximum absolute atomic E-state index is 12.7. The Morgan fingerprint density at radius 1 is 1.08 bits per heavy atom. The van der Waals surface area contributed by atoms with Gasteiger partial charge in [0.05, 0.1) is 5.92 Å². The molecule has 0 spiro atoms. The smallest absolute Gasteiger partial charge is 0.306 e. The van der Waals surface area contributed by atoms with Crippen molar-refractivity contribution in [2.75, 3.05) is 19.6 Å². The number of benzene rings is 1. The van der Waals surface area contributed by atoms with Crippen LogP contribution < -0.4 is 5.32 Å². The maximum Gasteiger partial charge on any atom is 0.306 e. The minimum Gasteiger partial charge on any atom is -0.481 e. The Morgan fingerprint density at radius 2 is 1.81 bits per heavy atom. The van der Waals surface area contributed by atoms with Crippen molar-refractivity contribution in [2.45, 2.75) is 32.1 Å². The van der Waals surface area contributed by atoms with Crippen LogP contribution in [0.4, 0.5) is 0 Å². The molecule has 1 saturated heterocycles. The summed E-state index contributed by atoms with van der Waals surface area (Å²) in [5, 5.41) is 12.1. The second kappa shape index (κ2) is 8.34. The summed E-state index contributed by atoms with van der Waals surface area (Å²) in [4.78, 5) is 37.9. The van der Waals surface area contributed by atoms with Crippen molar-refractivity contribution in [1.82, 2.24) is 10.2 Å². The highest BCUT2D eigenvalue weighted by atomic mass is 16.4. The molecule has 0 aromatic heterocycles. The topological polar surface area (TPSA) is 86.7 Å². The highest BCUT2D eigenvalue weighted by molar-refractivity contribution is 5.94. The van der Waals surface area contributed by atoms with Crippen LogP contribution in [0, 0.1) is 17.8 Å². The van der Waals surface area contributed by atoms with Gasteiger partial charge in [0.2, 0.25) is 5.91 Å². The second-order valence-electron chi connectivity index (χ2n) is 7.41. The summed E-state index contributed by atoms with van der Waals surface area (Å²) in [7, 11) is 0. The van der Waals surface area contributed by atoms with Crippen molar-refractivity contribution in [3.05, 3.63) is 35.9 Å². The van der Waals surface area contributed by atoms with Crippen LogP contribution >= 0.6 is 0 Å². The van der Waals surface area contributed by atoms with E-state index in [4.69, 9.17) is 5.11 Å². The average Bonchev–Trinajstić information content (AvgIpc) is 3.17. The molecule has 2 aliphatic rings. The first-order chi connectivity index (χ1) is 12.5. The zero-order valence-electron chi connectivity index (χ0n) is 14.9. The van der Waals surface area contributed by atoms with E-state index in [9.17, 15) is 14.4 Å². The minimum atomic E-state index is -0.791. The molecule has 0 radical (unpaired) electrons. The summed E-state index contributed by atoms with van der Waals surface area (Å²) in [5.41, 5.74) is 0.641. The lowest BCUT2D eigenvalue weighted by Crippen LogP contribution is -2.45. The molecule has 3 rings (SSSR count). The second-order valence-corrected chi connectivity index (χ2v) is 7.41. The van der Waals surface area contributed by atoms with Crippen molar-refractivity contribution in [3.8, 4) is 0 Å². The van der Waals surface area contributed by atoms with E-state index in [1.54, 1.807) is 12.1 Å². The van der Waals surface area contributed by atoms with Gasteiger partial charge in [-0.05, 0) is 50.2 Å². The third kappa shape index (κ3) is 4.42. The highest BCUT2D eigenvalue weighted by Gasteiger charge is 2.37. The van der Waals surface area contributed by atoms with E-state index in [0.29, 0.717) is 37.9 Å². The Morgan fingerprint density at radius 3 is 2.50 bits per heavy atom. The number of rotatable bonds is 5. The van der Waals surface area contributed by atoms with Gasteiger partial charge in [-0.2, -0.15) is 0 Å². The summed E-state index contributed by atoms with van der Waals surface area (Å²) in [5.74, 6) is -1.08. The number of nitrogens with one attached hydrogen (secondary N) is 1. The normalized spacial score (nSPS) is 25.7. The van der Waals surface area contributed by atoms with Crippen LogP contribution in [0.5, 0.6) is 0 Å². The van der Waals surface area contributed by atoms with Gasteiger partial charge < -0.3 is 15.3 Å². The molecule has 6 nitrogen and oxygen atoms in total. The number of carboxylic acids is 1. The monoisotopic (exact) mass is 358 g/mol. The maximum atomic E-state index is 12.7. The summed E-state index contributed by atoms with van der Waals surface area (Å²) in [6, 6.07) is 9.11. The summed E-state index contributed by atoms with van der Waals surface area (Å²) in [6.07, 6.45) is 3.63. The molecule has 1 aromatic rings. The lowest BCUT2D eigenvalue weighted by molar-refractivity contribution is -0.142. The fourth-order valence-corrected chi connectivity index (χ4v) is 4.05. The van der Waals surface area contributed by atoms with Crippen LogP contribution in [0.1, 0.15) is 42.5 Å². The lowest BCUT2D eigenvalue weighted by Gasteiger charge is -2.34. The van der Waals surface area contributed by atoms with E-state index in [-0.39, 0.29) is 29.6 Å². The third-order valence-electron chi connectivity index (χ3n) is 5.55. The molecule has 1 aromatic carbocycles. The predicted octanol–water partition coefficient (Wildman–Crippen LogP) is 2.16. The third-order valence-corrected chi connectivity index (χ3v) is 5.55. The molecule has 1 aliphatic heterocycles. The standard InChI is InChI=1S/C20H26N2O4/c23-18(15-6-2-1-3-7-15)21-12-14-5-4-10-22(13-14)19(24)16-8-9-17(11-16)20(25)26/h1-3,6-7,14,16-17H,4-5,8-13H2,(H,21,23)(H,25,26)/t14?,16-,17+/m0/s1. The van der Waals surface area contributed by atoms with Gasteiger partial charge in [0, 0.05) is 31.1 Å². The van der Waals surface area contributed by atoms with E-state index in [1.165, 1.54) is 0 Å². The predicted molar refractivity (Wildman–Crippen MR) is 96.5 cm³/mol. The molecule has 3 atom stereocenters. The molecule has 2 fully saturated rings. The van der Waals surface area contributed by atoms with Gasteiger partial charge in [-0.15, -0.1) is 0 Å². The first kappa shape index (κ1) is 18.4. The molecule has 1 saturated carbocycles. The van der Waals surface area contributed by atoms with Crippen molar-refractivity contribution in [2.24, 2.45) is 17.8 Å². The van der Waals surface area contributed by atoms with Crippen molar-refractivity contribution < 1.29 is 19.5 Å². The van der Waals surface area contributed by atoms with Gasteiger partial charge in [0.15, 0.2) is 0 Å². The lowest BCUT2D eigenvalue weighted by atomic mass is 9.95. The fraction of sp³-hybridized carbons (Fsp3) is 0.550. The van der Waals surface area contributed by atoms with Crippen LogP contribution in [0.2, 0.25) is 0 Å². The summed E-state index contributed by atoms with van der Waals surface area (Å²) >= 11 is 0. The van der Waals surface area contributed by atoms with Gasteiger partial charge in [-0.3, -0.25) is 14.4 Å². The van der Waals surface area contributed by atoms with Gasteiger partial charge >= 0.3 is 5.97 Å².